The first-order valence-electron chi connectivity index (χ1n) is 8.56. The molecule has 3 aromatic heterocycles. The number of aliphatic carboxylic acids is 1. The molecule has 35 heavy (non-hydrogen) atoms. The Morgan fingerprint density at radius 2 is 1.29 bits per heavy atom. The normalized spacial score (nSPS) is 7.83. The van der Waals surface area contributed by atoms with Crippen LogP contribution in [0.1, 0.15) is 12.0 Å². The summed E-state index contributed by atoms with van der Waals surface area (Å²) in [4.78, 5) is 45.6. The Morgan fingerprint density at radius 1 is 0.829 bits per heavy atom. The molecule has 0 unspecified atom stereocenters. The first-order chi connectivity index (χ1) is 16.7. The minimum absolute atomic E-state index is 0. The number of hydrogen-bond acceptors (Lipinski definition) is 11. The molecule has 0 amide bonds. The zero-order valence-electron chi connectivity index (χ0n) is 17.9. The first kappa shape index (κ1) is 39.0. The van der Waals surface area contributed by atoms with Crippen molar-refractivity contribution in [2.75, 3.05) is 0 Å². The molecule has 0 bridgehead atoms. The summed E-state index contributed by atoms with van der Waals surface area (Å²) in [6.45, 7) is 9.75. The van der Waals surface area contributed by atoms with Gasteiger partial charge in [-0.2, -0.15) is 0 Å². The predicted octanol–water partition coefficient (Wildman–Crippen LogP) is 2.91. The molecule has 0 aliphatic heterocycles. The van der Waals surface area contributed by atoms with Crippen LogP contribution in [0.15, 0.2) is 73.3 Å². The van der Waals surface area contributed by atoms with E-state index in [2.05, 4.69) is 61.7 Å². The molecule has 0 saturated heterocycles. The fourth-order valence-corrected chi connectivity index (χ4v) is 1.86. The van der Waals surface area contributed by atoms with E-state index in [1.807, 2.05) is 48.5 Å². The third-order valence-corrected chi connectivity index (χ3v) is 3.08. The monoisotopic (exact) mass is 681 g/mol. The summed E-state index contributed by atoms with van der Waals surface area (Å²) >= 11 is 4.29. The maximum Gasteiger partial charge on any atom is 0.303 e. The fraction of sp³-hybridized carbons (Fsp3) is 0.0952. The van der Waals surface area contributed by atoms with Crippen LogP contribution in [0.3, 0.4) is 0 Å². The molecule has 191 valence electrons. The van der Waals surface area contributed by atoms with E-state index in [9.17, 15) is 4.79 Å². The Bertz CT molecular complexity index is 782. The molecule has 3 rings (SSSR count). The molecule has 2 N–H and O–H groups in total. The van der Waals surface area contributed by atoms with Crippen molar-refractivity contribution in [1.29, 1.82) is 0 Å². The van der Waals surface area contributed by atoms with Crippen molar-refractivity contribution in [2.45, 2.75) is 12.8 Å². The van der Waals surface area contributed by atoms with Crippen LogP contribution in [-0.4, -0.2) is 51.7 Å². The largest absolute Gasteiger partial charge is 0.545 e. The second-order valence-electron chi connectivity index (χ2n) is 4.88. The van der Waals surface area contributed by atoms with Gasteiger partial charge in [0.05, 0.1) is 11.4 Å². The summed E-state index contributed by atoms with van der Waals surface area (Å²) in [6, 6.07) is 15.2. The average molecular weight is 681 g/mol. The molecule has 0 atom stereocenters. The second-order valence-corrected chi connectivity index (χ2v) is 5.01. The molecule has 1 radical (unpaired) electrons. The smallest absolute Gasteiger partial charge is 0.303 e. The molecular formula is C21H21ClN3O9Re-3. The van der Waals surface area contributed by atoms with Crippen molar-refractivity contribution < 1.29 is 64.5 Å². The van der Waals surface area contributed by atoms with Gasteiger partial charge < -0.3 is 19.5 Å². The Balaban J connectivity index is -0.000000193. The molecule has 0 aliphatic rings. The maximum atomic E-state index is 10.2. The van der Waals surface area contributed by atoms with Crippen LogP contribution >= 0.6 is 11.9 Å². The quantitative estimate of drug-likeness (QED) is 0.169. The van der Waals surface area contributed by atoms with Gasteiger partial charge in [-0.05, 0) is 58.5 Å². The van der Waals surface area contributed by atoms with Gasteiger partial charge in [0, 0.05) is 51.6 Å². The van der Waals surface area contributed by atoms with Gasteiger partial charge >= 0.3 is 5.97 Å². The van der Waals surface area contributed by atoms with Crippen LogP contribution in [0.5, 0.6) is 0 Å². The summed E-state index contributed by atoms with van der Waals surface area (Å²) < 4.78 is 3.19. The standard InChI is InChI=1S/C10H8N2.C8H9NO2.3CHO.ClHO4.Re/c1-3-7-11-9(5-1)10-6-2-4-8-12-10;10-8(11)2-1-7-3-5-9-6-4-7;3*1-2;1-3-5-4-2;/h1-8H;3-6H,1-2H2,(H,10,11);3*1H;2H;/q;;3*-1;;. The van der Waals surface area contributed by atoms with Crippen molar-refractivity contribution in [3.05, 3.63) is 78.9 Å². The van der Waals surface area contributed by atoms with Crippen molar-refractivity contribution in [3.8, 4) is 11.4 Å². The van der Waals surface area contributed by atoms with Gasteiger partial charge in [-0.25, -0.2) is 5.26 Å². The van der Waals surface area contributed by atoms with Crippen molar-refractivity contribution in [1.82, 2.24) is 15.0 Å². The SMILES string of the molecule is O=C(O)CCc1ccncc1.OOOOCl.[CH-]=O.[CH-]=O.[CH-]=O.[Re].c1ccc(-c2ccccn2)nc1. The number of halogens is 1. The number of carbonyl (C=O) groups excluding carboxylic acids is 3. The number of nitrogens with zero attached hydrogens (tertiary/aromatic N) is 3. The van der Waals surface area contributed by atoms with Gasteiger partial charge in [-0.3, -0.25) is 40.1 Å². The van der Waals surface area contributed by atoms with E-state index in [1.54, 1.807) is 24.8 Å². The second kappa shape index (κ2) is 32.9. The molecule has 3 aromatic rings. The fourth-order valence-electron chi connectivity index (χ4n) is 1.84. The molecule has 12 nitrogen and oxygen atoms in total. The third-order valence-electron chi connectivity index (χ3n) is 3.03. The van der Waals surface area contributed by atoms with E-state index in [-0.39, 0.29) is 26.8 Å². The molecule has 0 saturated carbocycles. The molecule has 0 aliphatic carbocycles. The number of hydrogen-bond donors (Lipinski definition) is 2. The topological polar surface area (TPSA) is 175 Å². The van der Waals surface area contributed by atoms with Gasteiger partial charge in [0.2, 0.25) is 0 Å². The average Bonchev–Trinajstić information content (AvgIpc) is 2.94. The Morgan fingerprint density at radius 3 is 1.57 bits per heavy atom. The summed E-state index contributed by atoms with van der Waals surface area (Å²) in [7, 11) is 0. The van der Waals surface area contributed by atoms with Gasteiger partial charge in [-0.15, -0.1) is 0 Å². The summed E-state index contributed by atoms with van der Waals surface area (Å²) in [5.74, 6) is -0.762. The van der Waals surface area contributed by atoms with Crippen LogP contribution in [0.2, 0.25) is 0 Å². The van der Waals surface area contributed by atoms with Gasteiger partial charge in [0.15, 0.2) is 0 Å². The minimum atomic E-state index is -0.762. The zero-order valence-corrected chi connectivity index (χ0v) is 21.4. The van der Waals surface area contributed by atoms with E-state index < -0.39 is 5.97 Å². The predicted molar refractivity (Wildman–Crippen MR) is 120 cm³/mol. The third kappa shape index (κ3) is 25.2. The minimum Gasteiger partial charge on any atom is -0.545 e. The van der Waals surface area contributed by atoms with Gasteiger partial charge in [-0.1, -0.05) is 16.6 Å². The van der Waals surface area contributed by atoms with Crippen molar-refractivity contribution in [2.24, 2.45) is 0 Å². The number of carboxylic acid groups (broad SMARTS) is 1. The summed E-state index contributed by atoms with van der Waals surface area (Å²) in [5, 5.41) is 21.5. The van der Waals surface area contributed by atoms with E-state index in [1.165, 1.54) is 0 Å². The molecule has 0 fully saturated rings. The van der Waals surface area contributed by atoms with E-state index in [0.29, 0.717) is 6.42 Å². The van der Waals surface area contributed by atoms with Crippen LogP contribution in [0, 0.1) is 0 Å². The summed E-state index contributed by atoms with van der Waals surface area (Å²) in [6.07, 6.45) is 7.63. The number of carbonyl (C=O) groups is 1. The number of carboxylic acids is 1. The number of rotatable bonds is 6. The summed E-state index contributed by atoms with van der Waals surface area (Å²) in [5.41, 5.74) is 2.85. The van der Waals surface area contributed by atoms with Crippen LogP contribution in [0.4, 0.5) is 0 Å². The number of pyridine rings is 3. The molecule has 14 heteroatoms. The van der Waals surface area contributed by atoms with E-state index in [4.69, 9.17) is 24.7 Å². The molecule has 0 spiro atoms. The van der Waals surface area contributed by atoms with Gasteiger partial charge in [0.1, 0.15) is 11.9 Å². The Kier molecular flexibility index (Phi) is 36.6. The van der Waals surface area contributed by atoms with Crippen LogP contribution in [-0.2, 0) is 60.5 Å². The van der Waals surface area contributed by atoms with Crippen LogP contribution in [0.25, 0.3) is 11.4 Å². The van der Waals surface area contributed by atoms with E-state index in [0.717, 1.165) is 17.0 Å². The molecule has 0 aromatic carbocycles. The zero-order chi connectivity index (χ0) is 26.5. The molecular weight excluding hydrogens is 660 g/mol. The van der Waals surface area contributed by atoms with E-state index >= 15 is 0 Å². The van der Waals surface area contributed by atoms with Crippen molar-refractivity contribution in [3.63, 3.8) is 0 Å². The maximum absolute atomic E-state index is 10.2. The molecule has 3 heterocycles. The van der Waals surface area contributed by atoms with Crippen molar-refractivity contribution >= 4 is 38.2 Å². The number of aryl methyl sites for hydroxylation is 1. The first-order valence-corrected chi connectivity index (χ1v) is 8.87. The Hall–Kier alpha value is -3.28. The number of aromatic nitrogens is 3. The Labute approximate surface area is 220 Å². The van der Waals surface area contributed by atoms with Crippen LogP contribution < -0.4 is 0 Å². The van der Waals surface area contributed by atoms with Gasteiger partial charge in [0.25, 0.3) is 0 Å².